The lowest BCUT2D eigenvalue weighted by Gasteiger charge is -2.24. The van der Waals surface area contributed by atoms with Crippen LogP contribution in [0.5, 0.6) is 11.5 Å². The molecule has 24 heavy (non-hydrogen) atoms. The number of amides is 1. The number of ether oxygens (including phenoxy) is 3. The molecule has 2 rings (SSSR count). The zero-order valence-electron chi connectivity index (χ0n) is 14.7. The minimum Gasteiger partial charge on any atom is -0.493 e. The normalized spacial score (nSPS) is 17.3. The Labute approximate surface area is 142 Å². The number of hydrogen-bond donors (Lipinski definition) is 0. The largest absolute Gasteiger partial charge is 0.493 e. The maximum atomic E-state index is 12.1. The minimum atomic E-state index is -0.485. The summed E-state index contributed by atoms with van der Waals surface area (Å²) < 4.78 is 16.5. The summed E-state index contributed by atoms with van der Waals surface area (Å²) in [5.41, 5.74) is 0.0396. The van der Waals surface area contributed by atoms with Gasteiger partial charge in [0, 0.05) is 25.1 Å². The van der Waals surface area contributed by atoms with Gasteiger partial charge in [-0.2, -0.15) is 5.26 Å². The number of nitriles is 1. The summed E-state index contributed by atoms with van der Waals surface area (Å²) >= 11 is 0. The molecule has 6 nitrogen and oxygen atoms in total. The van der Waals surface area contributed by atoms with Gasteiger partial charge >= 0.3 is 6.09 Å². The Morgan fingerprint density at radius 3 is 2.75 bits per heavy atom. The lowest BCUT2D eigenvalue weighted by molar-refractivity contribution is 0.0284. The van der Waals surface area contributed by atoms with E-state index in [4.69, 9.17) is 19.5 Å². The molecule has 0 saturated carbocycles. The number of methoxy groups -OCH3 is 1. The second-order valence-corrected chi connectivity index (χ2v) is 6.87. The molecule has 0 spiro atoms. The minimum absolute atomic E-state index is 0.248. The van der Waals surface area contributed by atoms with E-state index in [0.717, 1.165) is 6.42 Å². The van der Waals surface area contributed by atoms with Crippen LogP contribution in [0.3, 0.4) is 0 Å². The van der Waals surface area contributed by atoms with Crippen molar-refractivity contribution in [3.05, 3.63) is 23.8 Å². The number of carbonyl (C=O) groups excluding carboxylic acids is 1. The molecule has 0 N–H and O–H groups in total. The van der Waals surface area contributed by atoms with Crippen molar-refractivity contribution in [1.29, 1.82) is 5.26 Å². The third-order valence-corrected chi connectivity index (χ3v) is 3.70. The van der Waals surface area contributed by atoms with Gasteiger partial charge in [0.1, 0.15) is 5.60 Å². The third kappa shape index (κ3) is 4.79. The molecule has 6 heteroatoms. The van der Waals surface area contributed by atoms with Crippen molar-refractivity contribution in [3.8, 4) is 17.6 Å². The molecule has 1 saturated heterocycles. The number of likely N-dealkylation sites (tertiary alicyclic amines) is 1. The predicted octanol–water partition coefficient (Wildman–Crippen LogP) is 3.20. The first kappa shape index (κ1) is 17.9. The van der Waals surface area contributed by atoms with Crippen molar-refractivity contribution in [2.75, 3.05) is 26.8 Å². The zero-order valence-corrected chi connectivity index (χ0v) is 14.7. The average Bonchev–Trinajstić information content (AvgIpc) is 3.00. The van der Waals surface area contributed by atoms with Gasteiger partial charge in [-0.3, -0.25) is 0 Å². The van der Waals surface area contributed by atoms with Gasteiger partial charge in [-0.25, -0.2) is 4.79 Å². The maximum absolute atomic E-state index is 12.1. The smallest absolute Gasteiger partial charge is 0.410 e. The summed E-state index contributed by atoms with van der Waals surface area (Å²) in [5.74, 6) is 1.39. The molecule has 0 bridgehead atoms. The Balaban J connectivity index is 1.88. The van der Waals surface area contributed by atoms with Crippen LogP contribution in [0.15, 0.2) is 18.2 Å². The third-order valence-electron chi connectivity index (χ3n) is 3.70. The van der Waals surface area contributed by atoms with Crippen LogP contribution in [0.2, 0.25) is 0 Å². The van der Waals surface area contributed by atoms with E-state index in [0.29, 0.717) is 36.8 Å². The Morgan fingerprint density at radius 2 is 2.12 bits per heavy atom. The van der Waals surface area contributed by atoms with Crippen LogP contribution in [0.4, 0.5) is 4.79 Å². The second-order valence-electron chi connectivity index (χ2n) is 6.87. The molecule has 1 amide bonds. The number of hydrogen-bond acceptors (Lipinski definition) is 5. The fourth-order valence-corrected chi connectivity index (χ4v) is 2.53. The van der Waals surface area contributed by atoms with E-state index in [1.165, 1.54) is 0 Å². The van der Waals surface area contributed by atoms with Gasteiger partial charge in [0.05, 0.1) is 25.3 Å². The number of carbonyl (C=O) groups is 1. The van der Waals surface area contributed by atoms with Crippen LogP contribution < -0.4 is 9.47 Å². The number of nitrogens with zero attached hydrogens (tertiary/aromatic N) is 2. The highest BCUT2D eigenvalue weighted by Gasteiger charge is 2.30. The SMILES string of the molecule is COc1cc(C#N)ccc1OC[C@H]1CCN(C(=O)OC(C)(C)C)C1. The van der Waals surface area contributed by atoms with Gasteiger partial charge in [0.15, 0.2) is 11.5 Å². The van der Waals surface area contributed by atoms with E-state index in [2.05, 4.69) is 6.07 Å². The second kappa shape index (κ2) is 7.43. The van der Waals surface area contributed by atoms with Crippen LogP contribution in [0, 0.1) is 17.2 Å². The molecule has 0 unspecified atom stereocenters. The van der Waals surface area contributed by atoms with E-state index in [-0.39, 0.29) is 12.0 Å². The zero-order chi connectivity index (χ0) is 17.7. The molecule has 1 aromatic rings. The fourth-order valence-electron chi connectivity index (χ4n) is 2.53. The van der Waals surface area contributed by atoms with Crippen molar-refractivity contribution in [2.24, 2.45) is 5.92 Å². The standard InChI is InChI=1S/C18H24N2O4/c1-18(2,3)24-17(21)20-8-7-14(11-20)12-23-15-6-5-13(10-19)9-16(15)22-4/h5-6,9,14H,7-8,11-12H2,1-4H3/t14-/m0/s1. The van der Waals surface area contributed by atoms with Crippen molar-refractivity contribution in [2.45, 2.75) is 32.8 Å². The van der Waals surface area contributed by atoms with Crippen LogP contribution >= 0.6 is 0 Å². The summed E-state index contributed by atoms with van der Waals surface area (Å²) in [5, 5.41) is 8.92. The molecule has 0 aromatic heterocycles. The molecule has 130 valence electrons. The average molecular weight is 332 g/mol. The lowest BCUT2D eigenvalue weighted by atomic mass is 10.1. The van der Waals surface area contributed by atoms with E-state index >= 15 is 0 Å². The summed E-state index contributed by atoms with van der Waals surface area (Å²) in [6.45, 7) is 7.36. The quantitative estimate of drug-likeness (QED) is 0.846. The van der Waals surface area contributed by atoms with Crippen molar-refractivity contribution < 1.29 is 19.0 Å². The number of benzene rings is 1. The molecule has 1 atom stereocenters. The summed E-state index contributed by atoms with van der Waals surface area (Å²) in [4.78, 5) is 13.8. The van der Waals surface area contributed by atoms with Crippen LogP contribution in [0.1, 0.15) is 32.8 Å². The maximum Gasteiger partial charge on any atom is 0.410 e. The van der Waals surface area contributed by atoms with Gasteiger partial charge in [-0.15, -0.1) is 0 Å². The summed E-state index contributed by atoms with van der Waals surface area (Å²) in [6.07, 6.45) is 0.596. The van der Waals surface area contributed by atoms with Crippen LogP contribution in [-0.4, -0.2) is 43.4 Å². The Bertz CT molecular complexity index is 631. The first-order valence-electron chi connectivity index (χ1n) is 8.01. The molecule has 1 heterocycles. The molecular formula is C18H24N2O4. The lowest BCUT2D eigenvalue weighted by Crippen LogP contribution is -2.35. The van der Waals surface area contributed by atoms with Gasteiger partial charge in [0.2, 0.25) is 0 Å². The summed E-state index contributed by atoms with van der Waals surface area (Å²) in [6, 6.07) is 7.15. The van der Waals surface area contributed by atoms with E-state index < -0.39 is 5.60 Å². The Kier molecular flexibility index (Phi) is 5.55. The van der Waals surface area contributed by atoms with Gasteiger partial charge in [-0.05, 0) is 39.3 Å². The van der Waals surface area contributed by atoms with Gasteiger partial charge in [0.25, 0.3) is 0 Å². The van der Waals surface area contributed by atoms with Crippen LogP contribution in [0.25, 0.3) is 0 Å². The monoisotopic (exact) mass is 332 g/mol. The molecule has 1 aromatic carbocycles. The molecule has 0 radical (unpaired) electrons. The first-order chi connectivity index (χ1) is 11.3. The fraction of sp³-hybridized carbons (Fsp3) is 0.556. The Morgan fingerprint density at radius 1 is 1.38 bits per heavy atom. The molecule has 1 fully saturated rings. The van der Waals surface area contributed by atoms with Crippen molar-refractivity contribution in [3.63, 3.8) is 0 Å². The summed E-state index contributed by atoms with van der Waals surface area (Å²) in [7, 11) is 1.54. The topological polar surface area (TPSA) is 71.8 Å². The van der Waals surface area contributed by atoms with E-state index in [9.17, 15) is 4.79 Å². The number of rotatable bonds is 4. The molecule has 1 aliphatic heterocycles. The highest BCUT2D eigenvalue weighted by atomic mass is 16.6. The highest BCUT2D eigenvalue weighted by molar-refractivity contribution is 5.68. The molecule has 0 aliphatic carbocycles. The molecule has 1 aliphatic rings. The van der Waals surface area contributed by atoms with E-state index in [1.807, 2.05) is 20.8 Å². The van der Waals surface area contributed by atoms with Crippen molar-refractivity contribution in [1.82, 2.24) is 4.90 Å². The highest BCUT2D eigenvalue weighted by Crippen LogP contribution is 2.29. The van der Waals surface area contributed by atoms with E-state index in [1.54, 1.807) is 30.2 Å². The van der Waals surface area contributed by atoms with Gasteiger partial charge < -0.3 is 19.1 Å². The van der Waals surface area contributed by atoms with Gasteiger partial charge in [-0.1, -0.05) is 0 Å². The Hall–Kier alpha value is -2.42. The van der Waals surface area contributed by atoms with Crippen LogP contribution in [-0.2, 0) is 4.74 Å². The molecular weight excluding hydrogens is 308 g/mol. The first-order valence-corrected chi connectivity index (χ1v) is 8.01. The van der Waals surface area contributed by atoms with Crippen molar-refractivity contribution >= 4 is 6.09 Å². The predicted molar refractivity (Wildman–Crippen MR) is 89.1 cm³/mol.